The van der Waals surface area contributed by atoms with Crippen LogP contribution in [0.25, 0.3) is 0 Å². The van der Waals surface area contributed by atoms with Crippen molar-refractivity contribution >= 4 is 0 Å². The van der Waals surface area contributed by atoms with Gasteiger partial charge in [0.15, 0.2) is 6.29 Å². The summed E-state index contributed by atoms with van der Waals surface area (Å²) >= 11 is 0. The molecule has 0 aliphatic heterocycles. The van der Waals surface area contributed by atoms with Crippen molar-refractivity contribution in [2.24, 2.45) is 5.41 Å². The fourth-order valence-corrected chi connectivity index (χ4v) is 2.11. The van der Waals surface area contributed by atoms with Crippen LogP contribution in [0.5, 0.6) is 0 Å². The zero-order valence-electron chi connectivity index (χ0n) is 9.92. The van der Waals surface area contributed by atoms with Crippen molar-refractivity contribution in [2.75, 3.05) is 0 Å². The van der Waals surface area contributed by atoms with Crippen molar-refractivity contribution in [3.63, 3.8) is 0 Å². The Kier molecular flexibility index (Phi) is 7.20. The summed E-state index contributed by atoms with van der Waals surface area (Å²) < 4.78 is 0. The second-order valence-corrected chi connectivity index (χ2v) is 4.29. The molecule has 0 unspecified atom stereocenters. The van der Waals surface area contributed by atoms with E-state index in [2.05, 4.69) is 20.8 Å². The molecule has 0 atom stereocenters. The summed E-state index contributed by atoms with van der Waals surface area (Å²) in [5, 5.41) is 17.4. The lowest BCUT2D eigenvalue weighted by Crippen LogP contribution is -2.17. The van der Waals surface area contributed by atoms with Gasteiger partial charge in [0.1, 0.15) is 0 Å². The Morgan fingerprint density at radius 2 is 1.43 bits per heavy atom. The van der Waals surface area contributed by atoms with Gasteiger partial charge < -0.3 is 10.2 Å². The normalized spacial score (nSPS) is 12.4. The summed E-state index contributed by atoms with van der Waals surface area (Å²) in [6.45, 7) is 6.77. The van der Waals surface area contributed by atoms with Crippen molar-refractivity contribution in [1.82, 2.24) is 0 Å². The molecule has 0 aromatic carbocycles. The van der Waals surface area contributed by atoms with E-state index < -0.39 is 6.29 Å². The average molecular weight is 202 g/mol. The van der Waals surface area contributed by atoms with E-state index in [9.17, 15) is 0 Å². The molecule has 0 saturated carbocycles. The minimum atomic E-state index is -1.12. The predicted molar refractivity (Wildman–Crippen MR) is 60.0 cm³/mol. The van der Waals surface area contributed by atoms with Gasteiger partial charge in [-0.2, -0.15) is 0 Å². The SMILES string of the molecule is CCC(CC)(CC)CCCCC(O)O. The number of hydrogen-bond donors (Lipinski definition) is 2. The van der Waals surface area contributed by atoms with E-state index in [-0.39, 0.29) is 0 Å². The maximum atomic E-state index is 8.71. The lowest BCUT2D eigenvalue weighted by molar-refractivity contribution is -0.0470. The predicted octanol–water partition coefficient (Wildman–Crippen LogP) is 3.07. The second-order valence-electron chi connectivity index (χ2n) is 4.29. The molecule has 2 N–H and O–H groups in total. The van der Waals surface area contributed by atoms with Crippen molar-refractivity contribution in [3.05, 3.63) is 0 Å². The van der Waals surface area contributed by atoms with Crippen molar-refractivity contribution in [2.45, 2.75) is 72.0 Å². The number of aliphatic hydroxyl groups is 2. The van der Waals surface area contributed by atoms with Gasteiger partial charge in [-0.05, 0) is 24.7 Å². The van der Waals surface area contributed by atoms with Gasteiger partial charge in [-0.15, -0.1) is 0 Å². The first-order chi connectivity index (χ1) is 6.60. The van der Waals surface area contributed by atoms with Gasteiger partial charge in [-0.1, -0.05) is 46.5 Å². The topological polar surface area (TPSA) is 40.5 Å². The quantitative estimate of drug-likeness (QED) is 0.469. The molecule has 0 spiro atoms. The molecule has 0 bridgehead atoms. The molecule has 0 amide bonds. The molecule has 0 aliphatic rings. The fraction of sp³-hybridized carbons (Fsp3) is 1.00. The molecule has 0 heterocycles. The summed E-state index contributed by atoms with van der Waals surface area (Å²) in [5.74, 6) is 0. The number of unbranched alkanes of at least 4 members (excludes halogenated alkanes) is 1. The third kappa shape index (κ3) is 4.97. The standard InChI is InChI=1S/C12H26O2/c1-4-12(5-2,6-3)10-8-7-9-11(13)14/h11,13-14H,4-10H2,1-3H3. The van der Waals surface area contributed by atoms with E-state index in [0.29, 0.717) is 11.8 Å². The Bertz CT molecular complexity index is 120. The first-order valence-electron chi connectivity index (χ1n) is 5.96. The van der Waals surface area contributed by atoms with E-state index in [0.717, 1.165) is 12.8 Å². The Hall–Kier alpha value is -0.0800. The van der Waals surface area contributed by atoms with E-state index in [1.54, 1.807) is 0 Å². The van der Waals surface area contributed by atoms with Gasteiger partial charge in [-0.25, -0.2) is 0 Å². The van der Waals surface area contributed by atoms with Crippen molar-refractivity contribution < 1.29 is 10.2 Å². The van der Waals surface area contributed by atoms with Crippen LogP contribution in [0.15, 0.2) is 0 Å². The van der Waals surface area contributed by atoms with Crippen LogP contribution in [0.3, 0.4) is 0 Å². The van der Waals surface area contributed by atoms with Crippen LogP contribution in [0.4, 0.5) is 0 Å². The molecule has 2 nitrogen and oxygen atoms in total. The number of hydrogen-bond acceptors (Lipinski definition) is 2. The minimum Gasteiger partial charge on any atom is -0.368 e. The summed E-state index contributed by atoms with van der Waals surface area (Å²) in [7, 11) is 0. The van der Waals surface area contributed by atoms with E-state index in [1.807, 2.05) is 0 Å². The second kappa shape index (κ2) is 7.24. The van der Waals surface area contributed by atoms with Crippen molar-refractivity contribution in [3.8, 4) is 0 Å². The van der Waals surface area contributed by atoms with E-state index >= 15 is 0 Å². The van der Waals surface area contributed by atoms with Gasteiger partial charge in [0.25, 0.3) is 0 Å². The van der Waals surface area contributed by atoms with Crippen LogP contribution in [-0.2, 0) is 0 Å². The Morgan fingerprint density at radius 3 is 1.79 bits per heavy atom. The molecule has 0 aliphatic carbocycles. The summed E-state index contributed by atoms with van der Waals surface area (Å²) in [6.07, 6.45) is 6.39. The Labute approximate surface area is 88.3 Å². The molecule has 2 heteroatoms. The minimum absolute atomic E-state index is 0.500. The largest absolute Gasteiger partial charge is 0.368 e. The van der Waals surface area contributed by atoms with Gasteiger partial charge in [-0.3, -0.25) is 0 Å². The van der Waals surface area contributed by atoms with Crippen LogP contribution in [0, 0.1) is 5.41 Å². The third-order valence-corrected chi connectivity index (χ3v) is 3.67. The average Bonchev–Trinajstić information content (AvgIpc) is 2.19. The summed E-state index contributed by atoms with van der Waals surface area (Å²) in [5.41, 5.74) is 0.500. The highest BCUT2D eigenvalue weighted by Gasteiger charge is 2.22. The van der Waals surface area contributed by atoms with E-state index in [1.165, 1.54) is 25.7 Å². The van der Waals surface area contributed by atoms with Crippen LogP contribution in [0.2, 0.25) is 0 Å². The third-order valence-electron chi connectivity index (χ3n) is 3.67. The zero-order valence-corrected chi connectivity index (χ0v) is 9.92. The first kappa shape index (κ1) is 13.9. The highest BCUT2D eigenvalue weighted by atomic mass is 16.5. The zero-order chi connectivity index (χ0) is 11.0. The van der Waals surface area contributed by atoms with Crippen LogP contribution in [0.1, 0.15) is 65.7 Å². The molecular formula is C12H26O2. The number of rotatable bonds is 8. The van der Waals surface area contributed by atoms with Gasteiger partial charge in [0, 0.05) is 0 Å². The highest BCUT2D eigenvalue weighted by Crippen LogP contribution is 2.35. The monoisotopic (exact) mass is 202 g/mol. The Morgan fingerprint density at radius 1 is 0.929 bits per heavy atom. The van der Waals surface area contributed by atoms with Gasteiger partial charge >= 0.3 is 0 Å². The van der Waals surface area contributed by atoms with E-state index in [4.69, 9.17) is 10.2 Å². The molecular weight excluding hydrogens is 176 g/mol. The maximum Gasteiger partial charge on any atom is 0.151 e. The van der Waals surface area contributed by atoms with Crippen LogP contribution >= 0.6 is 0 Å². The molecule has 86 valence electrons. The molecule has 0 radical (unpaired) electrons. The van der Waals surface area contributed by atoms with Gasteiger partial charge in [0.2, 0.25) is 0 Å². The molecule has 0 aromatic rings. The summed E-state index contributed by atoms with van der Waals surface area (Å²) in [4.78, 5) is 0. The van der Waals surface area contributed by atoms with Crippen LogP contribution < -0.4 is 0 Å². The molecule has 0 saturated heterocycles. The van der Waals surface area contributed by atoms with Crippen LogP contribution in [-0.4, -0.2) is 16.5 Å². The molecule has 0 aromatic heterocycles. The first-order valence-corrected chi connectivity index (χ1v) is 5.96. The van der Waals surface area contributed by atoms with Crippen molar-refractivity contribution in [1.29, 1.82) is 0 Å². The lowest BCUT2D eigenvalue weighted by atomic mass is 9.75. The lowest BCUT2D eigenvalue weighted by Gasteiger charge is -2.30. The highest BCUT2D eigenvalue weighted by molar-refractivity contribution is 4.74. The number of aliphatic hydroxyl groups excluding tert-OH is 1. The molecule has 14 heavy (non-hydrogen) atoms. The maximum absolute atomic E-state index is 8.71. The van der Waals surface area contributed by atoms with Gasteiger partial charge in [0.05, 0.1) is 0 Å². The smallest absolute Gasteiger partial charge is 0.151 e. The Balaban J connectivity index is 3.71. The fourth-order valence-electron chi connectivity index (χ4n) is 2.11. The molecule has 0 fully saturated rings. The molecule has 0 rings (SSSR count). The summed E-state index contributed by atoms with van der Waals surface area (Å²) in [6, 6.07) is 0.